The molecule has 0 aromatic carbocycles. The molecule has 2 aliphatic heterocycles. The van der Waals surface area contributed by atoms with Crippen molar-refractivity contribution in [2.75, 3.05) is 37.6 Å². The summed E-state index contributed by atoms with van der Waals surface area (Å²) in [4.78, 5) is 23.9. The van der Waals surface area contributed by atoms with Gasteiger partial charge < -0.3 is 9.80 Å². The summed E-state index contributed by atoms with van der Waals surface area (Å²) in [6, 6.07) is 0.397. The summed E-state index contributed by atoms with van der Waals surface area (Å²) in [7, 11) is 0. The molecule has 0 radical (unpaired) electrons. The number of thiazole rings is 1. The van der Waals surface area contributed by atoms with Crippen molar-refractivity contribution < 1.29 is 4.79 Å². The monoisotopic (exact) mass is 322 g/mol. The molecule has 1 aromatic heterocycles. The van der Waals surface area contributed by atoms with E-state index in [0.29, 0.717) is 11.9 Å². The van der Waals surface area contributed by atoms with Crippen molar-refractivity contribution >= 4 is 22.4 Å². The summed E-state index contributed by atoms with van der Waals surface area (Å²) in [5, 5.41) is 3.22. The lowest BCUT2D eigenvalue weighted by Crippen LogP contribution is -2.57. The molecule has 0 aliphatic carbocycles. The van der Waals surface area contributed by atoms with Gasteiger partial charge in [-0.2, -0.15) is 0 Å². The number of rotatable bonds is 3. The van der Waals surface area contributed by atoms with Crippen molar-refractivity contribution in [1.82, 2.24) is 14.8 Å². The molecule has 1 aromatic rings. The van der Waals surface area contributed by atoms with Crippen molar-refractivity contribution in [2.45, 2.75) is 45.7 Å². The van der Waals surface area contributed by atoms with Gasteiger partial charge in [-0.15, -0.1) is 11.3 Å². The third-order valence-corrected chi connectivity index (χ3v) is 5.83. The fraction of sp³-hybridized carbons (Fsp3) is 0.750. The lowest BCUT2D eigenvalue weighted by Gasteiger charge is -2.42. The summed E-state index contributed by atoms with van der Waals surface area (Å²) < 4.78 is 0. The number of amides is 1. The van der Waals surface area contributed by atoms with Crippen LogP contribution in [0, 0.1) is 6.92 Å². The van der Waals surface area contributed by atoms with Gasteiger partial charge in [-0.3, -0.25) is 9.69 Å². The van der Waals surface area contributed by atoms with Gasteiger partial charge in [0.1, 0.15) is 0 Å². The molecule has 22 heavy (non-hydrogen) atoms. The number of nitrogens with zero attached hydrogens (tertiary/aromatic N) is 4. The molecule has 2 saturated heterocycles. The zero-order chi connectivity index (χ0) is 15.7. The SMILES string of the molecule is Cc1csc(N2CCN([C@@H](C)C(=O)N3CCCC3)C[C@H]2C)n1. The van der Waals surface area contributed by atoms with Gasteiger partial charge in [0, 0.05) is 44.1 Å². The van der Waals surface area contributed by atoms with E-state index < -0.39 is 0 Å². The Morgan fingerprint density at radius 1 is 1.32 bits per heavy atom. The van der Waals surface area contributed by atoms with E-state index >= 15 is 0 Å². The molecule has 1 amide bonds. The number of anilines is 1. The molecule has 3 heterocycles. The van der Waals surface area contributed by atoms with E-state index in [-0.39, 0.29) is 6.04 Å². The van der Waals surface area contributed by atoms with Crippen LogP contribution in [0.3, 0.4) is 0 Å². The van der Waals surface area contributed by atoms with E-state index in [9.17, 15) is 4.79 Å². The van der Waals surface area contributed by atoms with E-state index in [2.05, 4.69) is 34.0 Å². The van der Waals surface area contributed by atoms with Crippen LogP contribution in [-0.4, -0.2) is 65.5 Å². The molecule has 5 nitrogen and oxygen atoms in total. The Bertz CT molecular complexity index is 526. The van der Waals surface area contributed by atoms with Crippen LogP contribution >= 0.6 is 11.3 Å². The van der Waals surface area contributed by atoms with Crippen LogP contribution in [0.15, 0.2) is 5.38 Å². The van der Waals surface area contributed by atoms with Gasteiger partial charge in [0.05, 0.1) is 11.7 Å². The zero-order valence-electron chi connectivity index (χ0n) is 13.8. The first-order valence-corrected chi connectivity index (χ1v) is 9.16. The van der Waals surface area contributed by atoms with Crippen LogP contribution < -0.4 is 4.90 Å². The molecule has 2 fully saturated rings. The molecular weight excluding hydrogens is 296 g/mol. The first kappa shape index (κ1) is 15.7. The number of likely N-dealkylation sites (tertiary alicyclic amines) is 1. The van der Waals surface area contributed by atoms with Gasteiger partial charge in [-0.25, -0.2) is 4.98 Å². The predicted octanol–water partition coefficient (Wildman–Crippen LogP) is 1.97. The first-order chi connectivity index (χ1) is 10.6. The average Bonchev–Trinajstić information content (AvgIpc) is 3.17. The summed E-state index contributed by atoms with van der Waals surface area (Å²) in [6.45, 7) is 11.0. The van der Waals surface area contributed by atoms with E-state index in [1.807, 2.05) is 11.8 Å². The number of hydrogen-bond donors (Lipinski definition) is 0. The van der Waals surface area contributed by atoms with Crippen LogP contribution in [0.25, 0.3) is 0 Å². The maximum Gasteiger partial charge on any atom is 0.239 e. The van der Waals surface area contributed by atoms with Gasteiger partial charge >= 0.3 is 0 Å². The van der Waals surface area contributed by atoms with E-state index in [0.717, 1.165) is 56.4 Å². The quantitative estimate of drug-likeness (QED) is 0.853. The number of aromatic nitrogens is 1. The molecule has 6 heteroatoms. The zero-order valence-corrected chi connectivity index (χ0v) is 14.6. The van der Waals surface area contributed by atoms with Gasteiger partial charge in [0.25, 0.3) is 0 Å². The van der Waals surface area contributed by atoms with Crippen LogP contribution in [0.4, 0.5) is 5.13 Å². The number of aryl methyl sites for hydroxylation is 1. The molecule has 0 unspecified atom stereocenters. The third-order valence-electron chi connectivity index (χ3n) is 4.83. The first-order valence-electron chi connectivity index (χ1n) is 8.28. The largest absolute Gasteiger partial charge is 0.343 e. The van der Waals surface area contributed by atoms with Gasteiger partial charge in [-0.1, -0.05) is 0 Å². The van der Waals surface area contributed by atoms with E-state index in [1.165, 1.54) is 0 Å². The Hall–Kier alpha value is -1.14. The fourth-order valence-corrected chi connectivity index (χ4v) is 4.39. The highest BCUT2D eigenvalue weighted by atomic mass is 32.1. The van der Waals surface area contributed by atoms with Crippen molar-refractivity contribution in [1.29, 1.82) is 0 Å². The predicted molar refractivity (Wildman–Crippen MR) is 90.5 cm³/mol. The van der Waals surface area contributed by atoms with Crippen LogP contribution in [0.1, 0.15) is 32.4 Å². The normalized spacial score (nSPS) is 24.8. The Balaban J connectivity index is 1.60. The minimum atomic E-state index is 0.000677. The molecule has 2 aliphatic rings. The minimum absolute atomic E-state index is 0.000677. The molecule has 3 rings (SSSR count). The molecule has 0 saturated carbocycles. The Morgan fingerprint density at radius 2 is 2.05 bits per heavy atom. The standard InChI is InChI=1S/C16H26N4OS/c1-12-11-22-16(17-12)20-9-8-19(10-13(20)2)14(3)15(21)18-6-4-5-7-18/h11,13-14H,4-10H2,1-3H3/t13-,14+/m1/s1. The van der Waals surface area contributed by atoms with Gasteiger partial charge in [-0.05, 0) is 33.6 Å². The van der Waals surface area contributed by atoms with Crippen molar-refractivity contribution in [3.8, 4) is 0 Å². The third kappa shape index (κ3) is 3.13. The maximum absolute atomic E-state index is 12.6. The van der Waals surface area contributed by atoms with Gasteiger partial charge in [0.15, 0.2) is 5.13 Å². The Morgan fingerprint density at radius 3 is 2.64 bits per heavy atom. The second-order valence-electron chi connectivity index (χ2n) is 6.52. The van der Waals surface area contributed by atoms with Crippen molar-refractivity contribution in [3.63, 3.8) is 0 Å². The summed E-state index contributed by atoms with van der Waals surface area (Å²) in [6.07, 6.45) is 2.32. The molecular formula is C16H26N4OS. The van der Waals surface area contributed by atoms with E-state index in [1.54, 1.807) is 11.3 Å². The number of carbonyl (C=O) groups excluding carboxylic acids is 1. The maximum atomic E-state index is 12.6. The topological polar surface area (TPSA) is 39.7 Å². The minimum Gasteiger partial charge on any atom is -0.343 e. The summed E-state index contributed by atoms with van der Waals surface area (Å²) >= 11 is 1.72. The number of carbonyl (C=O) groups is 1. The molecule has 0 bridgehead atoms. The van der Waals surface area contributed by atoms with Gasteiger partial charge in [0.2, 0.25) is 5.91 Å². The number of hydrogen-bond acceptors (Lipinski definition) is 5. The lowest BCUT2D eigenvalue weighted by atomic mass is 10.1. The summed E-state index contributed by atoms with van der Waals surface area (Å²) in [5.74, 6) is 0.309. The highest BCUT2D eigenvalue weighted by Gasteiger charge is 2.33. The van der Waals surface area contributed by atoms with Crippen molar-refractivity contribution in [3.05, 3.63) is 11.1 Å². The fourth-order valence-electron chi connectivity index (χ4n) is 3.45. The molecule has 0 N–H and O–H groups in total. The highest BCUT2D eigenvalue weighted by Crippen LogP contribution is 2.25. The van der Waals surface area contributed by atoms with Crippen LogP contribution in [-0.2, 0) is 4.79 Å². The molecule has 2 atom stereocenters. The molecule has 0 spiro atoms. The van der Waals surface area contributed by atoms with Crippen molar-refractivity contribution in [2.24, 2.45) is 0 Å². The second kappa shape index (κ2) is 6.54. The van der Waals surface area contributed by atoms with E-state index in [4.69, 9.17) is 0 Å². The van der Waals surface area contributed by atoms with Crippen LogP contribution in [0.2, 0.25) is 0 Å². The Kier molecular flexibility index (Phi) is 4.68. The smallest absolute Gasteiger partial charge is 0.239 e. The Labute approximate surface area is 136 Å². The number of piperazine rings is 1. The summed E-state index contributed by atoms with van der Waals surface area (Å²) in [5.41, 5.74) is 1.09. The average molecular weight is 322 g/mol. The molecule has 122 valence electrons. The highest BCUT2D eigenvalue weighted by molar-refractivity contribution is 7.13. The van der Waals surface area contributed by atoms with Crippen LogP contribution in [0.5, 0.6) is 0 Å². The second-order valence-corrected chi connectivity index (χ2v) is 7.35. The lowest BCUT2D eigenvalue weighted by molar-refractivity contribution is -0.135.